The predicted octanol–water partition coefficient (Wildman–Crippen LogP) is 3.52. The van der Waals surface area contributed by atoms with Crippen LogP contribution in [-0.2, 0) is 13.1 Å². The van der Waals surface area contributed by atoms with Gasteiger partial charge in [-0.3, -0.25) is 0 Å². The van der Waals surface area contributed by atoms with Crippen LogP contribution in [0.15, 0.2) is 42.6 Å². The lowest BCUT2D eigenvalue weighted by atomic mass is 10.1. The lowest BCUT2D eigenvalue weighted by molar-refractivity contribution is 0.587. The molecule has 1 heterocycles. The molecule has 2 aromatic rings. The van der Waals surface area contributed by atoms with Crippen molar-refractivity contribution >= 4 is 5.82 Å². The van der Waals surface area contributed by atoms with Gasteiger partial charge < -0.3 is 10.2 Å². The van der Waals surface area contributed by atoms with Crippen LogP contribution in [0.5, 0.6) is 0 Å². The second-order valence-corrected chi connectivity index (χ2v) is 5.80. The van der Waals surface area contributed by atoms with Crippen molar-refractivity contribution in [2.75, 3.05) is 11.9 Å². The Kier molecular flexibility index (Phi) is 5.34. The third kappa shape index (κ3) is 4.30. The molecule has 0 fully saturated rings. The Bertz CT molecular complexity index is 578. The van der Waals surface area contributed by atoms with Gasteiger partial charge in [0.05, 0.1) is 0 Å². The highest BCUT2D eigenvalue weighted by Crippen LogP contribution is 2.19. The minimum Gasteiger partial charge on any atom is -0.355 e. The molecule has 0 unspecified atom stereocenters. The number of aryl methyl sites for hydroxylation is 1. The molecule has 3 nitrogen and oxygen atoms in total. The summed E-state index contributed by atoms with van der Waals surface area (Å²) in [6.45, 7) is 8.19. The smallest absolute Gasteiger partial charge is 0.133 e. The molecule has 3 heteroatoms. The van der Waals surface area contributed by atoms with E-state index in [0.717, 1.165) is 18.9 Å². The van der Waals surface area contributed by atoms with Crippen LogP contribution in [0.25, 0.3) is 0 Å². The summed E-state index contributed by atoms with van der Waals surface area (Å²) in [6, 6.07) is 13.1. The van der Waals surface area contributed by atoms with E-state index >= 15 is 0 Å². The molecule has 0 bridgehead atoms. The molecular weight excluding hydrogens is 258 g/mol. The van der Waals surface area contributed by atoms with Crippen LogP contribution in [0.2, 0.25) is 0 Å². The third-order valence-corrected chi connectivity index (χ3v) is 3.60. The number of aromatic nitrogens is 1. The van der Waals surface area contributed by atoms with Crippen LogP contribution in [-0.4, -0.2) is 18.1 Å². The summed E-state index contributed by atoms with van der Waals surface area (Å²) in [7, 11) is 2.10. The molecule has 0 saturated carbocycles. The van der Waals surface area contributed by atoms with Crippen LogP contribution in [0.1, 0.15) is 30.5 Å². The number of nitrogens with zero attached hydrogens (tertiary/aromatic N) is 2. The van der Waals surface area contributed by atoms with Crippen LogP contribution in [0.3, 0.4) is 0 Å². The molecule has 0 spiro atoms. The first-order valence-corrected chi connectivity index (χ1v) is 7.51. The van der Waals surface area contributed by atoms with Gasteiger partial charge in [0.2, 0.25) is 0 Å². The molecule has 0 aliphatic heterocycles. The fourth-order valence-electron chi connectivity index (χ4n) is 2.34. The number of pyridine rings is 1. The van der Waals surface area contributed by atoms with E-state index in [1.165, 1.54) is 16.7 Å². The minimum absolute atomic E-state index is 0.472. The number of anilines is 1. The highest BCUT2D eigenvalue weighted by atomic mass is 15.2. The number of rotatable bonds is 6. The monoisotopic (exact) mass is 283 g/mol. The van der Waals surface area contributed by atoms with E-state index in [0.29, 0.717) is 6.04 Å². The largest absolute Gasteiger partial charge is 0.355 e. The van der Waals surface area contributed by atoms with E-state index in [9.17, 15) is 0 Å². The van der Waals surface area contributed by atoms with E-state index in [-0.39, 0.29) is 0 Å². The van der Waals surface area contributed by atoms with Gasteiger partial charge in [0.1, 0.15) is 5.82 Å². The molecule has 1 aromatic heterocycles. The van der Waals surface area contributed by atoms with Gasteiger partial charge in [-0.15, -0.1) is 0 Å². The van der Waals surface area contributed by atoms with Gasteiger partial charge in [-0.25, -0.2) is 4.98 Å². The Morgan fingerprint density at radius 2 is 1.81 bits per heavy atom. The second-order valence-electron chi connectivity index (χ2n) is 5.80. The first-order chi connectivity index (χ1) is 10.1. The molecule has 0 aliphatic rings. The lowest BCUT2D eigenvalue weighted by Gasteiger charge is -2.22. The molecule has 0 radical (unpaired) electrons. The Morgan fingerprint density at radius 1 is 1.10 bits per heavy atom. The van der Waals surface area contributed by atoms with Gasteiger partial charge in [-0.05, 0) is 24.1 Å². The highest BCUT2D eigenvalue weighted by Gasteiger charge is 2.10. The quantitative estimate of drug-likeness (QED) is 0.879. The molecule has 21 heavy (non-hydrogen) atoms. The maximum Gasteiger partial charge on any atom is 0.133 e. The summed E-state index contributed by atoms with van der Waals surface area (Å²) >= 11 is 0. The molecule has 0 amide bonds. The van der Waals surface area contributed by atoms with Gasteiger partial charge in [-0.2, -0.15) is 0 Å². The van der Waals surface area contributed by atoms with Gasteiger partial charge in [-0.1, -0.05) is 44.2 Å². The topological polar surface area (TPSA) is 28.2 Å². The summed E-state index contributed by atoms with van der Waals surface area (Å²) in [6.07, 6.45) is 1.86. The second kappa shape index (κ2) is 7.23. The summed E-state index contributed by atoms with van der Waals surface area (Å²) in [5.41, 5.74) is 3.90. The molecule has 0 atom stereocenters. The molecular formula is C18H25N3. The number of benzene rings is 1. The van der Waals surface area contributed by atoms with Crippen molar-refractivity contribution in [2.24, 2.45) is 0 Å². The zero-order valence-corrected chi connectivity index (χ0v) is 13.4. The minimum atomic E-state index is 0.472. The fourth-order valence-corrected chi connectivity index (χ4v) is 2.34. The summed E-state index contributed by atoms with van der Waals surface area (Å²) in [5.74, 6) is 1.05. The average molecular weight is 283 g/mol. The van der Waals surface area contributed by atoms with Gasteiger partial charge in [0.25, 0.3) is 0 Å². The predicted molar refractivity (Wildman–Crippen MR) is 89.5 cm³/mol. The molecule has 112 valence electrons. The summed E-state index contributed by atoms with van der Waals surface area (Å²) in [4.78, 5) is 6.79. The molecule has 0 aliphatic carbocycles. The highest BCUT2D eigenvalue weighted by molar-refractivity contribution is 5.47. The number of nitrogens with one attached hydrogen (secondary N) is 1. The number of hydrogen-bond acceptors (Lipinski definition) is 3. The van der Waals surface area contributed by atoms with E-state index in [1.54, 1.807) is 0 Å². The number of hydrogen-bond donors (Lipinski definition) is 1. The van der Waals surface area contributed by atoms with Crippen LogP contribution < -0.4 is 10.2 Å². The normalized spacial score (nSPS) is 10.9. The van der Waals surface area contributed by atoms with Crippen LogP contribution >= 0.6 is 0 Å². The van der Waals surface area contributed by atoms with E-state index in [1.807, 2.05) is 12.3 Å². The lowest BCUT2D eigenvalue weighted by Crippen LogP contribution is -2.25. The maximum absolute atomic E-state index is 4.57. The van der Waals surface area contributed by atoms with E-state index in [2.05, 4.69) is 73.4 Å². The first kappa shape index (κ1) is 15.5. The Balaban J connectivity index is 2.15. The Hall–Kier alpha value is -1.87. The summed E-state index contributed by atoms with van der Waals surface area (Å²) < 4.78 is 0. The van der Waals surface area contributed by atoms with Crippen molar-refractivity contribution in [1.82, 2.24) is 10.3 Å². The van der Waals surface area contributed by atoms with Crippen molar-refractivity contribution in [3.05, 3.63) is 59.3 Å². The van der Waals surface area contributed by atoms with Crippen LogP contribution in [0.4, 0.5) is 5.82 Å². The van der Waals surface area contributed by atoms with Crippen molar-refractivity contribution in [3.8, 4) is 0 Å². The molecule has 0 saturated heterocycles. The van der Waals surface area contributed by atoms with Gasteiger partial charge >= 0.3 is 0 Å². The van der Waals surface area contributed by atoms with Crippen molar-refractivity contribution < 1.29 is 0 Å². The molecule has 2 rings (SSSR count). The van der Waals surface area contributed by atoms with Crippen LogP contribution in [0, 0.1) is 6.92 Å². The van der Waals surface area contributed by atoms with Crippen molar-refractivity contribution in [2.45, 2.75) is 39.9 Å². The zero-order valence-electron chi connectivity index (χ0n) is 13.4. The standard InChI is InChI=1S/C18H25N3/c1-14(2)20-12-16-10-7-11-19-18(16)21(4)13-17-9-6-5-8-15(17)3/h5-11,14,20H,12-13H2,1-4H3. The molecule has 1 aromatic carbocycles. The first-order valence-electron chi connectivity index (χ1n) is 7.51. The summed E-state index contributed by atoms with van der Waals surface area (Å²) in [5, 5.41) is 3.47. The van der Waals surface area contributed by atoms with Gasteiger partial charge in [0.15, 0.2) is 0 Å². The third-order valence-electron chi connectivity index (χ3n) is 3.60. The molecule has 1 N–H and O–H groups in total. The fraction of sp³-hybridized carbons (Fsp3) is 0.389. The average Bonchev–Trinajstić information content (AvgIpc) is 2.47. The van der Waals surface area contributed by atoms with E-state index < -0.39 is 0 Å². The Labute approximate surface area is 128 Å². The zero-order chi connectivity index (χ0) is 15.2. The van der Waals surface area contributed by atoms with E-state index in [4.69, 9.17) is 0 Å². The maximum atomic E-state index is 4.57. The SMILES string of the molecule is Cc1ccccc1CN(C)c1ncccc1CNC(C)C. The van der Waals surface area contributed by atoms with Gasteiger partial charge in [0, 0.05) is 37.9 Å². The van der Waals surface area contributed by atoms with Crippen molar-refractivity contribution in [3.63, 3.8) is 0 Å². The van der Waals surface area contributed by atoms with Crippen molar-refractivity contribution in [1.29, 1.82) is 0 Å². The Morgan fingerprint density at radius 3 is 2.52 bits per heavy atom.